The predicted molar refractivity (Wildman–Crippen MR) is 243 cm³/mol. The molecule has 0 unspecified atom stereocenters. The molecule has 1 aromatic heterocycles. The summed E-state index contributed by atoms with van der Waals surface area (Å²) >= 11 is 0. The Hall–Kier alpha value is -7.48. The third kappa shape index (κ3) is 4.20. The van der Waals surface area contributed by atoms with Gasteiger partial charge < -0.3 is 4.42 Å². The normalized spacial score (nSPS) is 13.3. The third-order valence-corrected chi connectivity index (χ3v) is 13.1. The van der Waals surface area contributed by atoms with Gasteiger partial charge in [0.2, 0.25) is 0 Å². The molecule has 1 heteroatoms. The van der Waals surface area contributed by atoms with Gasteiger partial charge in [0.05, 0.1) is 5.41 Å². The molecule has 1 aliphatic carbocycles. The minimum Gasteiger partial charge on any atom is -0.456 e. The molecule has 0 fully saturated rings. The summed E-state index contributed by atoms with van der Waals surface area (Å²) in [5.74, 6) is 0. The summed E-state index contributed by atoms with van der Waals surface area (Å²) in [5, 5.41) is 12.6. The van der Waals surface area contributed by atoms with Gasteiger partial charge in [-0.15, -0.1) is 0 Å². The summed E-state index contributed by atoms with van der Waals surface area (Å²) < 4.78 is 6.23. The van der Waals surface area contributed by atoms with Crippen molar-refractivity contribution in [1.82, 2.24) is 0 Å². The standard InChI is InChI=1S/C57H34O/c1-3-13-40(14-4-1)57(41-15-5-2-6-16-41)50-31-30-44-42(38-26-32-53-49(33-38)45-17-7-8-20-52(45)58-53)18-10-19-46(44)56(50)48-29-25-39(34-51(48)57)43-27-23-37-22-21-35-11-9-12-36-24-28-47(43)55(37)54(35)36/h1-34H. The van der Waals surface area contributed by atoms with Crippen LogP contribution in [0.3, 0.4) is 0 Å². The monoisotopic (exact) mass is 734 g/mol. The van der Waals surface area contributed by atoms with Gasteiger partial charge in [0.15, 0.2) is 0 Å². The molecule has 0 saturated heterocycles. The van der Waals surface area contributed by atoms with E-state index >= 15 is 0 Å². The summed E-state index contributed by atoms with van der Waals surface area (Å²) in [6.45, 7) is 0. The summed E-state index contributed by atoms with van der Waals surface area (Å²) in [6.07, 6.45) is 0. The van der Waals surface area contributed by atoms with Crippen molar-refractivity contribution in [3.8, 4) is 33.4 Å². The van der Waals surface area contributed by atoms with Gasteiger partial charge in [-0.1, -0.05) is 182 Å². The highest BCUT2D eigenvalue weighted by Crippen LogP contribution is 2.59. The van der Waals surface area contributed by atoms with E-state index in [2.05, 4.69) is 200 Å². The second-order valence-electron chi connectivity index (χ2n) is 15.9. The van der Waals surface area contributed by atoms with Crippen molar-refractivity contribution in [2.24, 2.45) is 0 Å². The molecular formula is C57H34O. The Morgan fingerprint density at radius 3 is 1.71 bits per heavy atom. The van der Waals surface area contributed by atoms with Crippen molar-refractivity contribution in [1.29, 1.82) is 0 Å². The maximum atomic E-state index is 6.23. The second-order valence-corrected chi connectivity index (χ2v) is 15.9. The highest BCUT2D eigenvalue weighted by molar-refractivity contribution is 6.25. The number of benzene rings is 11. The van der Waals surface area contributed by atoms with Gasteiger partial charge in [0.1, 0.15) is 11.2 Å². The molecule has 1 nitrogen and oxygen atoms in total. The van der Waals surface area contributed by atoms with Gasteiger partial charge in [-0.05, 0) is 123 Å². The van der Waals surface area contributed by atoms with Crippen LogP contribution >= 0.6 is 0 Å². The van der Waals surface area contributed by atoms with Crippen molar-refractivity contribution in [3.63, 3.8) is 0 Å². The molecular weight excluding hydrogens is 701 g/mol. The first-order chi connectivity index (χ1) is 28.8. The van der Waals surface area contributed by atoms with E-state index in [-0.39, 0.29) is 0 Å². The number of rotatable bonds is 4. The lowest BCUT2D eigenvalue weighted by Crippen LogP contribution is -2.28. The zero-order valence-electron chi connectivity index (χ0n) is 31.5. The average molecular weight is 735 g/mol. The second kappa shape index (κ2) is 11.8. The summed E-state index contributed by atoms with van der Waals surface area (Å²) in [7, 11) is 0. The number of fused-ring (bicyclic) bond motifs is 8. The van der Waals surface area contributed by atoms with Crippen molar-refractivity contribution in [2.45, 2.75) is 5.41 Å². The van der Waals surface area contributed by atoms with Crippen LogP contribution < -0.4 is 0 Å². The van der Waals surface area contributed by atoms with Crippen LogP contribution in [-0.4, -0.2) is 0 Å². The summed E-state index contributed by atoms with van der Waals surface area (Å²) in [6, 6.07) is 76.6. The van der Waals surface area contributed by atoms with Gasteiger partial charge in [0.25, 0.3) is 0 Å². The first-order valence-corrected chi connectivity index (χ1v) is 20.2. The topological polar surface area (TPSA) is 13.1 Å². The minimum absolute atomic E-state index is 0.536. The van der Waals surface area contributed by atoms with E-state index in [0.29, 0.717) is 0 Å². The molecule has 0 bridgehead atoms. The predicted octanol–water partition coefficient (Wildman–Crippen LogP) is 15.3. The molecule has 12 aromatic rings. The molecule has 0 saturated carbocycles. The highest BCUT2D eigenvalue weighted by atomic mass is 16.3. The number of hydrogen-bond donors (Lipinski definition) is 0. The van der Waals surface area contributed by atoms with Crippen molar-refractivity contribution in [2.75, 3.05) is 0 Å². The molecule has 0 N–H and O–H groups in total. The van der Waals surface area contributed by atoms with Gasteiger partial charge in [0, 0.05) is 10.8 Å². The summed E-state index contributed by atoms with van der Waals surface area (Å²) in [4.78, 5) is 0. The molecule has 58 heavy (non-hydrogen) atoms. The van der Waals surface area contributed by atoms with Crippen molar-refractivity contribution < 1.29 is 4.42 Å². The van der Waals surface area contributed by atoms with Crippen LogP contribution in [0, 0.1) is 0 Å². The molecule has 0 aliphatic heterocycles. The molecule has 11 aromatic carbocycles. The largest absolute Gasteiger partial charge is 0.456 e. The zero-order chi connectivity index (χ0) is 38.0. The molecule has 1 heterocycles. The van der Waals surface area contributed by atoms with Gasteiger partial charge in [-0.2, -0.15) is 0 Å². The molecule has 13 rings (SSSR count). The molecule has 0 spiro atoms. The summed E-state index contributed by atoms with van der Waals surface area (Å²) in [5.41, 5.74) is 13.9. The van der Waals surface area contributed by atoms with E-state index in [1.807, 2.05) is 6.07 Å². The average Bonchev–Trinajstić information content (AvgIpc) is 3.82. The smallest absolute Gasteiger partial charge is 0.135 e. The third-order valence-electron chi connectivity index (χ3n) is 13.1. The van der Waals surface area contributed by atoms with Gasteiger partial charge in [-0.3, -0.25) is 0 Å². The molecule has 268 valence electrons. The van der Waals surface area contributed by atoms with E-state index in [1.165, 1.54) is 98.7 Å². The lowest BCUT2D eigenvalue weighted by molar-refractivity contribution is 0.669. The van der Waals surface area contributed by atoms with Gasteiger partial charge in [-0.25, -0.2) is 0 Å². The Kier molecular flexibility index (Phi) is 6.43. The fourth-order valence-corrected chi connectivity index (χ4v) is 10.6. The van der Waals surface area contributed by atoms with Gasteiger partial charge >= 0.3 is 0 Å². The first-order valence-electron chi connectivity index (χ1n) is 20.2. The molecule has 1 aliphatic rings. The lowest BCUT2D eigenvalue weighted by atomic mass is 9.67. The molecule has 0 amide bonds. The fourth-order valence-electron chi connectivity index (χ4n) is 10.6. The fraction of sp³-hybridized carbons (Fsp3) is 0.0175. The van der Waals surface area contributed by atoms with Crippen LogP contribution in [-0.2, 0) is 5.41 Å². The quantitative estimate of drug-likeness (QED) is 0.164. The molecule has 0 atom stereocenters. The Bertz CT molecular complexity index is 3550. The maximum absolute atomic E-state index is 6.23. The van der Waals surface area contributed by atoms with Crippen LogP contribution in [0.4, 0.5) is 0 Å². The van der Waals surface area contributed by atoms with E-state index in [1.54, 1.807) is 0 Å². The number of furan rings is 1. The Labute approximate surface area is 335 Å². The Balaban J connectivity index is 1.10. The minimum atomic E-state index is -0.536. The lowest BCUT2D eigenvalue weighted by Gasteiger charge is -2.34. The first kappa shape index (κ1) is 31.7. The van der Waals surface area contributed by atoms with E-state index < -0.39 is 5.41 Å². The van der Waals surface area contributed by atoms with E-state index in [9.17, 15) is 0 Å². The van der Waals surface area contributed by atoms with Crippen LogP contribution in [0.1, 0.15) is 22.3 Å². The van der Waals surface area contributed by atoms with E-state index in [0.717, 1.165) is 21.9 Å². The van der Waals surface area contributed by atoms with Crippen LogP contribution in [0.25, 0.3) is 98.4 Å². The van der Waals surface area contributed by atoms with Crippen LogP contribution in [0.5, 0.6) is 0 Å². The maximum Gasteiger partial charge on any atom is 0.135 e. The van der Waals surface area contributed by atoms with Crippen LogP contribution in [0.15, 0.2) is 211 Å². The van der Waals surface area contributed by atoms with E-state index in [4.69, 9.17) is 4.42 Å². The molecule has 0 radical (unpaired) electrons. The zero-order valence-corrected chi connectivity index (χ0v) is 31.5. The number of hydrogen-bond acceptors (Lipinski definition) is 1. The van der Waals surface area contributed by atoms with Crippen LogP contribution in [0.2, 0.25) is 0 Å². The Morgan fingerprint density at radius 2 is 0.897 bits per heavy atom. The Morgan fingerprint density at radius 1 is 0.310 bits per heavy atom. The van der Waals surface area contributed by atoms with Crippen molar-refractivity contribution >= 4 is 65.0 Å². The highest BCUT2D eigenvalue weighted by Gasteiger charge is 2.47. The van der Waals surface area contributed by atoms with Crippen molar-refractivity contribution in [3.05, 3.63) is 229 Å². The number of para-hydroxylation sites is 1. The SMILES string of the molecule is c1ccc(C2(c3ccccc3)c3cc(-c4ccc5ccc6cccc7ccc4c5c67)ccc3-c3c2ccc2c(-c4ccc5oc6ccccc6c5c4)cccc32)cc1.